The van der Waals surface area contributed by atoms with Crippen molar-refractivity contribution in [1.29, 1.82) is 0 Å². The maximum Gasteiger partial charge on any atom is 0.341 e. The van der Waals surface area contributed by atoms with Gasteiger partial charge >= 0.3 is 11.9 Å². The molecular weight excluding hydrogens is 384 g/mol. The molecule has 30 heavy (non-hydrogen) atoms. The van der Waals surface area contributed by atoms with E-state index >= 15 is 0 Å². The van der Waals surface area contributed by atoms with E-state index in [0.29, 0.717) is 11.5 Å². The van der Waals surface area contributed by atoms with Crippen LogP contribution in [0, 0.1) is 0 Å². The zero-order valence-corrected chi connectivity index (χ0v) is 17.5. The van der Waals surface area contributed by atoms with Crippen LogP contribution in [-0.2, 0) is 25.5 Å². The monoisotopic (exact) mass is 410 g/mol. The number of hydrogen-bond donors (Lipinski definition) is 0. The van der Waals surface area contributed by atoms with Gasteiger partial charge in [0.2, 0.25) is 0 Å². The van der Waals surface area contributed by atoms with Crippen molar-refractivity contribution in [3.8, 4) is 22.6 Å². The highest BCUT2D eigenvalue weighted by Gasteiger charge is 2.13. The second kappa shape index (κ2) is 11.1. The minimum absolute atomic E-state index is 0.118. The lowest BCUT2D eigenvalue weighted by molar-refractivity contribution is -0.131. The van der Waals surface area contributed by atoms with E-state index in [1.54, 1.807) is 18.2 Å². The number of aryl methyl sites for hydroxylation is 1. The zero-order chi connectivity index (χ0) is 22.1. The molecule has 0 radical (unpaired) electrons. The molecule has 0 aliphatic carbocycles. The van der Waals surface area contributed by atoms with Crippen LogP contribution in [0.4, 0.5) is 0 Å². The summed E-state index contributed by atoms with van der Waals surface area (Å²) in [7, 11) is 2.98. The maximum atomic E-state index is 12.0. The number of benzene rings is 2. The van der Waals surface area contributed by atoms with Gasteiger partial charge in [0.25, 0.3) is 0 Å². The Kier molecular flexibility index (Phi) is 8.53. The van der Waals surface area contributed by atoms with Crippen molar-refractivity contribution in [2.24, 2.45) is 0 Å². The summed E-state index contributed by atoms with van der Waals surface area (Å²) in [6, 6.07) is 12.6. The third-order valence-corrected chi connectivity index (χ3v) is 4.26. The Morgan fingerprint density at radius 1 is 0.800 bits per heavy atom. The van der Waals surface area contributed by atoms with Gasteiger partial charge in [0.1, 0.15) is 11.5 Å². The van der Waals surface area contributed by atoms with Crippen molar-refractivity contribution in [1.82, 2.24) is 0 Å². The quantitative estimate of drug-likeness (QED) is 0.333. The Morgan fingerprint density at radius 3 is 1.80 bits per heavy atom. The van der Waals surface area contributed by atoms with Gasteiger partial charge in [-0.05, 0) is 47.4 Å². The number of esters is 2. The molecule has 6 heteroatoms. The second-order valence-electron chi connectivity index (χ2n) is 6.55. The minimum atomic E-state index is -0.528. The minimum Gasteiger partial charge on any atom is -0.423 e. The van der Waals surface area contributed by atoms with E-state index in [2.05, 4.69) is 13.2 Å². The normalized spacial score (nSPS) is 10.4. The van der Waals surface area contributed by atoms with Crippen LogP contribution in [0.25, 0.3) is 11.1 Å². The van der Waals surface area contributed by atoms with Crippen LogP contribution in [0.5, 0.6) is 11.5 Å². The predicted octanol–water partition coefficient (Wildman–Crippen LogP) is 4.13. The van der Waals surface area contributed by atoms with Crippen molar-refractivity contribution in [3.05, 3.63) is 72.3 Å². The molecule has 0 bridgehead atoms. The largest absolute Gasteiger partial charge is 0.423 e. The van der Waals surface area contributed by atoms with Gasteiger partial charge in [-0.1, -0.05) is 38.3 Å². The molecule has 0 aliphatic heterocycles. The molecule has 0 amide bonds. The van der Waals surface area contributed by atoms with Crippen LogP contribution >= 0.6 is 0 Å². The summed E-state index contributed by atoms with van der Waals surface area (Å²) >= 11 is 0. The molecule has 2 rings (SSSR count). The third-order valence-electron chi connectivity index (χ3n) is 4.26. The van der Waals surface area contributed by atoms with Gasteiger partial charge < -0.3 is 18.9 Å². The van der Waals surface area contributed by atoms with Gasteiger partial charge in [0.15, 0.2) is 0 Å². The predicted molar refractivity (Wildman–Crippen MR) is 115 cm³/mol. The molecule has 6 nitrogen and oxygen atoms in total. The van der Waals surface area contributed by atoms with E-state index in [9.17, 15) is 9.59 Å². The van der Waals surface area contributed by atoms with Gasteiger partial charge in [0, 0.05) is 14.2 Å². The Hall–Kier alpha value is -3.22. The fraction of sp³-hybridized carbons (Fsp3) is 0.250. The first kappa shape index (κ1) is 23.1. The molecule has 0 N–H and O–H groups in total. The van der Waals surface area contributed by atoms with Crippen molar-refractivity contribution in [2.75, 3.05) is 27.4 Å². The van der Waals surface area contributed by atoms with Gasteiger partial charge in [-0.3, -0.25) is 0 Å². The number of rotatable bonds is 10. The SMILES string of the molecule is C=C(COC)C(=O)Oc1ccc(-c2ccc(OC(=O)C(=C)COC)cc2CC)cc1. The maximum absolute atomic E-state index is 12.0. The van der Waals surface area contributed by atoms with Crippen LogP contribution in [-0.4, -0.2) is 39.4 Å². The molecule has 0 saturated carbocycles. The molecule has 2 aromatic rings. The molecule has 0 spiro atoms. The van der Waals surface area contributed by atoms with E-state index in [1.807, 2.05) is 31.2 Å². The number of carbonyl (C=O) groups excluding carboxylic acids is 2. The summed E-state index contributed by atoms with van der Waals surface area (Å²) in [6.45, 7) is 9.54. The van der Waals surface area contributed by atoms with Gasteiger partial charge in [-0.15, -0.1) is 0 Å². The van der Waals surface area contributed by atoms with Crippen molar-refractivity contribution in [2.45, 2.75) is 13.3 Å². The zero-order valence-electron chi connectivity index (χ0n) is 17.5. The van der Waals surface area contributed by atoms with Crippen LogP contribution in [0.15, 0.2) is 66.8 Å². The first-order chi connectivity index (χ1) is 14.4. The van der Waals surface area contributed by atoms with E-state index in [-0.39, 0.29) is 24.4 Å². The third kappa shape index (κ3) is 6.14. The molecule has 0 aliphatic rings. The fourth-order valence-electron chi connectivity index (χ4n) is 2.73. The average Bonchev–Trinajstić information content (AvgIpc) is 2.74. The van der Waals surface area contributed by atoms with Crippen molar-refractivity contribution < 1.29 is 28.5 Å². The second-order valence-corrected chi connectivity index (χ2v) is 6.55. The summed E-state index contributed by atoms with van der Waals surface area (Å²) in [4.78, 5) is 23.9. The van der Waals surface area contributed by atoms with Gasteiger partial charge in [0.05, 0.1) is 24.4 Å². The molecule has 158 valence electrons. The van der Waals surface area contributed by atoms with Crippen LogP contribution < -0.4 is 9.47 Å². The van der Waals surface area contributed by atoms with Crippen molar-refractivity contribution >= 4 is 11.9 Å². The summed E-state index contributed by atoms with van der Waals surface area (Å²) in [6.07, 6.45) is 0.743. The standard InChI is InChI=1S/C24H26O6/c1-6-18-13-21(30-24(26)17(3)15-28-5)11-12-22(18)19-7-9-20(10-8-19)29-23(25)16(2)14-27-4/h7-13H,2-3,6,14-15H2,1,4-5H3. The Bertz CT molecular complexity index is 927. The lowest BCUT2D eigenvalue weighted by atomic mass is 9.98. The number of hydrogen-bond acceptors (Lipinski definition) is 6. The number of ether oxygens (including phenoxy) is 4. The molecule has 0 fully saturated rings. The lowest BCUT2D eigenvalue weighted by Crippen LogP contribution is -2.14. The molecular formula is C24H26O6. The highest BCUT2D eigenvalue weighted by atomic mass is 16.5. The highest BCUT2D eigenvalue weighted by molar-refractivity contribution is 5.90. The lowest BCUT2D eigenvalue weighted by Gasteiger charge is -2.12. The summed E-state index contributed by atoms with van der Waals surface area (Å²) < 4.78 is 20.4. The van der Waals surface area contributed by atoms with E-state index in [0.717, 1.165) is 23.1 Å². The van der Waals surface area contributed by atoms with E-state index in [4.69, 9.17) is 18.9 Å². The topological polar surface area (TPSA) is 71.1 Å². The van der Waals surface area contributed by atoms with Gasteiger partial charge in [-0.2, -0.15) is 0 Å². The summed E-state index contributed by atoms with van der Waals surface area (Å²) in [5, 5.41) is 0. The molecule has 0 unspecified atom stereocenters. The molecule has 0 heterocycles. The summed E-state index contributed by atoms with van der Waals surface area (Å²) in [5.41, 5.74) is 3.45. The van der Waals surface area contributed by atoms with Crippen molar-refractivity contribution in [3.63, 3.8) is 0 Å². The van der Waals surface area contributed by atoms with E-state index in [1.165, 1.54) is 14.2 Å². The Morgan fingerprint density at radius 2 is 1.30 bits per heavy atom. The average molecular weight is 410 g/mol. The Balaban J connectivity index is 2.15. The fourth-order valence-corrected chi connectivity index (χ4v) is 2.73. The first-order valence-electron chi connectivity index (χ1n) is 9.40. The molecule has 2 aromatic carbocycles. The number of carbonyl (C=O) groups is 2. The number of methoxy groups -OCH3 is 2. The highest BCUT2D eigenvalue weighted by Crippen LogP contribution is 2.29. The summed E-state index contributed by atoms with van der Waals surface area (Å²) in [5.74, 6) is -0.186. The van der Waals surface area contributed by atoms with Gasteiger partial charge in [-0.25, -0.2) is 9.59 Å². The Labute approximate surface area is 176 Å². The van der Waals surface area contributed by atoms with Crippen LogP contribution in [0.2, 0.25) is 0 Å². The smallest absolute Gasteiger partial charge is 0.341 e. The van der Waals surface area contributed by atoms with Crippen LogP contribution in [0.1, 0.15) is 12.5 Å². The first-order valence-corrected chi connectivity index (χ1v) is 9.40. The van der Waals surface area contributed by atoms with Crippen LogP contribution in [0.3, 0.4) is 0 Å². The van der Waals surface area contributed by atoms with E-state index < -0.39 is 11.9 Å². The molecule has 0 aromatic heterocycles. The molecule has 0 saturated heterocycles. The molecule has 0 atom stereocenters.